The maximum atomic E-state index is 12.2. The van der Waals surface area contributed by atoms with Crippen LogP contribution in [0, 0.1) is 5.92 Å². The van der Waals surface area contributed by atoms with Gasteiger partial charge in [-0.3, -0.25) is 4.79 Å². The number of carbonyl (C=O) groups excluding carboxylic acids is 1. The van der Waals surface area contributed by atoms with Gasteiger partial charge in [-0.05, 0) is 31.0 Å². The van der Waals surface area contributed by atoms with Gasteiger partial charge < -0.3 is 19.7 Å². The molecule has 0 saturated carbocycles. The highest BCUT2D eigenvalue weighted by atomic mass is 16.7. The van der Waals surface area contributed by atoms with Gasteiger partial charge in [-0.15, -0.1) is 0 Å². The van der Waals surface area contributed by atoms with E-state index < -0.39 is 0 Å². The van der Waals surface area contributed by atoms with Crippen LogP contribution in [0.3, 0.4) is 0 Å². The third-order valence-corrected chi connectivity index (χ3v) is 4.11. The third-order valence-electron chi connectivity index (χ3n) is 4.11. The van der Waals surface area contributed by atoms with Crippen molar-refractivity contribution in [2.24, 2.45) is 5.92 Å². The highest BCUT2D eigenvalue weighted by molar-refractivity contribution is 5.80. The average Bonchev–Trinajstić information content (AvgIpc) is 2.83. The van der Waals surface area contributed by atoms with Crippen molar-refractivity contribution in [1.82, 2.24) is 10.2 Å². The second kappa shape index (κ2) is 5.32. The van der Waals surface area contributed by atoms with Crippen molar-refractivity contribution in [3.05, 3.63) is 23.8 Å². The van der Waals surface area contributed by atoms with E-state index in [1.807, 2.05) is 30.1 Å². The summed E-state index contributed by atoms with van der Waals surface area (Å²) in [4.78, 5) is 14.0. The lowest BCUT2D eigenvalue weighted by Crippen LogP contribution is -2.53. The van der Waals surface area contributed by atoms with Crippen LogP contribution in [-0.2, 0) is 11.2 Å². The molecule has 0 aromatic heterocycles. The molecule has 3 rings (SSSR count). The SMILES string of the molecule is CC(Cc1ccc2c(c1)OCO2)N(C)C(=O)C1CNC1. The van der Waals surface area contributed by atoms with Gasteiger partial charge >= 0.3 is 0 Å². The first-order valence-electron chi connectivity index (χ1n) is 7.01. The van der Waals surface area contributed by atoms with E-state index in [1.165, 1.54) is 0 Å². The first-order valence-corrected chi connectivity index (χ1v) is 7.01. The molecule has 1 N–H and O–H groups in total. The molecule has 1 aromatic rings. The van der Waals surface area contributed by atoms with Crippen molar-refractivity contribution in [3.8, 4) is 11.5 Å². The smallest absolute Gasteiger partial charge is 0.231 e. The molecule has 0 aliphatic carbocycles. The maximum absolute atomic E-state index is 12.2. The Labute approximate surface area is 118 Å². The van der Waals surface area contributed by atoms with Crippen molar-refractivity contribution < 1.29 is 14.3 Å². The molecule has 1 saturated heterocycles. The molecule has 5 heteroatoms. The van der Waals surface area contributed by atoms with Crippen LogP contribution in [0.1, 0.15) is 12.5 Å². The predicted octanol–water partition coefficient (Wildman–Crippen LogP) is 1.02. The molecule has 5 nitrogen and oxygen atoms in total. The molecule has 2 aliphatic heterocycles. The van der Waals surface area contributed by atoms with E-state index in [0.29, 0.717) is 6.79 Å². The van der Waals surface area contributed by atoms with Crippen LogP contribution in [0.5, 0.6) is 11.5 Å². The van der Waals surface area contributed by atoms with Crippen molar-refractivity contribution >= 4 is 5.91 Å². The second-order valence-corrected chi connectivity index (χ2v) is 5.55. The number of hydrogen-bond acceptors (Lipinski definition) is 4. The lowest BCUT2D eigenvalue weighted by Gasteiger charge is -2.33. The van der Waals surface area contributed by atoms with Crippen LogP contribution in [-0.4, -0.2) is 43.8 Å². The highest BCUT2D eigenvalue weighted by Gasteiger charge is 2.29. The van der Waals surface area contributed by atoms with E-state index in [1.54, 1.807) is 0 Å². The summed E-state index contributed by atoms with van der Waals surface area (Å²) in [5.74, 6) is 1.98. The van der Waals surface area contributed by atoms with Crippen LogP contribution in [0.2, 0.25) is 0 Å². The summed E-state index contributed by atoms with van der Waals surface area (Å²) in [6.07, 6.45) is 0.818. The molecule has 1 aromatic carbocycles. The average molecular weight is 276 g/mol. The zero-order valence-electron chi connectivity index (χ0n) is 11.9. The van der Waals surface area contributed by atoms with E-state index in [-0.39, 0.29) is 17.9 Å². The fourth-order valence-corrected chi connectivity index (χ4v) is 2.51. The summed E-state index contributed by atoms with van der Waals surface area (Å²) in [6.45, 7) is 3.98. The van der Waals surface area contributed by atoms with Crippen LogP contribution >= 0.6 is 0 Å². The normalized spacial score (nSPS) is 18.5. The fourth-order valence-electron chi connectivity index (χ4n) is 2.51. The summed E-state index contributed by atoms with van der Waals surface area (Å²) in [5.41, 5.74) is 1.16. The molecule has 1 fully saturated rings. The van der Waals surface area contributed by atoms with Gasteiger partial charge in [-0.2, -0.15) is 0 Å². The monoisotopic (exact) mass is 276 g/mol. The largest absolute Gasteiger partial charge is 0.454 e. The first-order chi connectivity index (χ1) is 9.65. The molecule has 0 spiro atoms. The molecular formula is C15H20N2O3. The summed E-state index contributed by atoms with van der Waals surface area (Å²) in [7, 11) is 1.89. The Morgan fingerprint density at radius 2 is 2.15 bits per heavy atom. The summed E-state index contributed by atoms with van der Waals surface area (Å²) < 4.78 is 10.7. The number of likely N-dealkylation sites (N-methyl/N-ethyl adjacent to an activating group) is 1. The van der Waals surface area contributed by atoms with Gasteiger partial charge in [0, 0.05) is 26.2 Å². The highest BCUT2D eigenvalue weighted by Crippen LogP contribution is 2.33. The number of rotatable bonds is 4. The number of ether oxygens (including phenoxy) is 2. The Balaban J connectivity index is 1.63. The predicted molar refractivity (Wildman–Crippen MR) is 74.9 cm³/mol. The molecule has 0 radical (unpaired) electrons. The quantitative estimate of drug-likeness (QED) is 0.892. The first kappa shape index (κ1) is 13.2. The lowest BCUT2D eigenvalue weighted by molar-refractivity contribution is -0.137. The third kappa shape index (κ3) is 2.45. The van der Waals surface area contributed by atoms with Crippen molar-refractivity contribution in [2.75, 3.05) is 26.9 Å². The molecule has 108 valence electrons. The molecule has 1 atom stereocenters. The molecule has 2 heterocycles. The molecule has 2 aliphatic rings. The Kier molecular flexibility index (Phi) is 3.53. The van der Waals surface area contributed by atoms with Gasteiger partial charge in [0.25, 0.3) is 0 Å². The van der Waals surface area contributed by atoms with Gasteiger partial charge in [0.1, 0.15) is 0 Å². The number of nitrogens with one attached hydrogen (secondary N) is 1. The van der Waals surface area contributed by atoms with Gasteiger partial charge in [0.15, 0.2) is 11.5 Å². The zero-order valence-corrected chi connectivity index (χ0v) is 11.9. The topological polar surface area (TPSA) is 50.8 Å². The Morgan fingerprint density at radius 3 is 2.85 bits per heavy atom. The van der Waals surface area contributed by atoms with E-state index in [2.05, 4.69) is 12.2 Å². The molecule has 20 heavy (non-hydrogen) atoms. The number of benzene rings is 1. The van der Waals surface area contributed by atoms with Gasteiger partial charge in [0.2, 0.25) is 12.7 Å². The summed E-state index contributed by atoms with van der Waals surface area (Å²) >= 11 is 0. The standard InChI is InChI=1S/C15H20N2O3/c1-10(17(2)15(18)12-7-16-8-12)5-11-3-4-13-14(6-11)20-9-19-13/h3-4,6,10,12,16H,5,7-9H2,1-2H3. The number of hydrogen-bond donors (Lipinski definition) is 1. The van der Waals surface area contributed by atoms with Crippen LogP contribution in [0.15, 0.2) is 18.2 Å². The van der Waals surface area contributed by atoms with Crippen LogP contribution in [0.4, 0.5) is 0 Å². The number of nitrogens with zero attached hydrogens (tertiary/aromatic N) is 1. The number of carbonyl (C=O) groups is 1. The zero-order chi connectivity index (χ0) is 14.1. The minimum atomic E-state index is 0.152. The van der Waals surface area contributed by atoms with E-state index in [0.717, 1.165) is 36.6 Å². The molecule has 1 amide bonds. The fraction of sp³-hybridized carbons (Fsp3) is 0.533. The van der Waals surface area contributed by atoms with Crippen LogP contribution < -0.4 is 14.8 Å². The van der Waals surface area contributed by atoms with E-state index in [4.69, 9.17) is 9.47 Å². The molecule has 1 unspecified atom stereocenters. The summed E-state index contributed by atoms with van der Waals surface area (Å²) in [5, 5.41) is 3.14. The number of amides is 1. The van der Waals surface area contributed by atoms with Gasteiger partial charge in [-0.25, -0.2) is 0 Å². The van der Waals surface area contributed by atoms with Gasteiger partial charge in [0.05, 0.1) is 5.92 Å². The Hall–Kier alpha value is -1.75. The second-order valence-electron chi connectivity index (χ2n) is 5.55. The van der Waals surface area contributed by atoms with Gasteiger partial charge in [-0.1, -0.05) is 6.07 Å². The summed E-state index contributed by atoms with van der Waals surface area (Å²) in [6, 6.07) is 6.14. The Bertz CT molecular complexity index is 514. The molecular weight excluding hydrogens is 256 g/mol. The van der Waals surface area contributed by atoms with Crippen molar-refractivity contribution in [1.29, 1.82) is 0 Å². The van der Waals surface area contributed by atoms with Crippen molar-refractivity contribution in [2.45, 2.75) is 19.4 Å². The minimum absolute atomic E-state index is 0.152. The van der Waals surface area contributed by atoms with E-state index >= 15 is 0 Å². The van der Waals surface area contributed by atoms with Crippen LogP contribution in [0.25, 0.3) is 0 Å². The maximum Gasteiger partial charge on any atom is 0.231 e. The molecule has 0 bridgehead atoms. The lowest BCUT2D eigenvalue weighted by atomic mass is 9.99. The minimum Gasteiger partial charge on any atom is -0.454 e. The van der Waals surface area contributed by atoms with Crippen molar-refractivity contribution in [3.63, 3.8) is 0 Å². The Morgan fingerprint density at radius 1 is 1.40 bits per heavy atom. The van der Waals surface area contributed by atoms with E-state index in [9.17, 15) is 4.79 Å². The number of fused-ring (bicyclic) bond motifs is 1.